The third kappa shape index (κ3) is 5.37. The molecular weight excluding hydrogens is 430 g/mol. The van der Waals surface area contributed by atoms with E-state index in [-0.39, 0.29) is 31.1 Å². The zero-order valence-electron chi connectivity index (χ0n) is 16.3. The van der Waals surface area contributed by atoms with Crippen molar-refractivity contribution in [1.82, 2.24) is 14.9 Å². The van der Waals surface area contributed by atoms with Crippen molar-refractivity contribution in [3.05, 3.63) is 64.7 Å². The van der Waals surface area contributed by atoms with Crippen LogP contribution in [0.15, 0.2) is 53.4 Å². The van der Waals surface area contributed by atoms with Crippen molar-refractivity contribution in [1.29, 1.82) is 0 Å². The van der Waals surface area contributed by atoms with E-state index in [0.717, 1.165) is 11.1 Å². The molecular formula is C20H22ClN3O5S. The van der Waals surface area contributed by atoms with E-state index in [1.54, 1.807) is 36.4 Å². The van der Waals surface area contributed by atoms with Gasteiger partial charge >= 0.3 is 11.8 Å². The molecule has 8 nitrogen and oxygen atoms in total. The van der Waals surface area contributed by atoms with E-state index >= 15 is 0 Å². The first-order valence-corrected chi connectivity index (χ1v) is 11.1. The summed E-state index contributed by atoms with van der Waals surface area (Å²) >= 11 is 5.81. The number of carbonyl (C=O) groups excluding carboxylic acids is 2. The summed E-state index contributed by atoms with van der Waals surface area (Å²) in [7, 11) is -3.78. The van der Waals surface area contributed by atoms with Crippen molar-refractivity contribution in [3.63, 3.8) is 0 Å². The summed E-state index contributed by atoms with van der Waals surface area (Å²) in [6.45, 7) is 2.26. The molecule has 3 rings (SSSR count). The van der Waals surface area contributed by atoms with Crippen molar-refractivity contribution >= 4 is 33.4 Å². The first-order chi connectivity index (χ1) is 14.3. The number of carbonyl (C=O) groups is 2. The first-order valence-electron chi connectivity index (χ1n) is 9.28. The molecule has 2 aromatic carbocycles. The maximum atomic E-state index is 12.9. The standard InChI is InChI=1S/C20H22ClN3O5S/c1-14-2-8-17(9-3-14)30(27,28)24-10-11-29-18(24)13-23-20(26)19(25)22-12-15-4-6-16(21)7-5-15/h2-9,18H,10-13H2,1H3,(H,22,25)(H,23,26)/t18-/m0/s1. The Balaban J connectivity index is 1.54. The van der Waals surface area contributed by atoms with Crippen LogP contribution in [0.1, 0.15) is 11.1 Å². The molecule has 0 unspecified atom stereocenters. The van der Waals surface area contributed by atoms with Gasteiger partial charge in [-0.05, 0) is 36.8 Å². The van der Waals surface area contributed by atoms with Crippen LogP contribution in [0.5, 0.6) is 0 Å². The highest BCUT2D eigenvalue weighted by Gasteiger charge is 2.36. The summed E-state index contributed by atoms with van der Waals surface area (Å²) in [5.74, 6) is -1.69. The minimum Gasteiger partial charge on any atom is -0.359 e. The molecule has 10 heteroatoms. The highest BCUT2D eigenvalue weighted by atomic mass is 35.5. The Labute approximate surface area is 180 Å². The average Bonchev–Trinajstić information content (AvgIpc) is 3.21. The number of aryl methyl sites for hydroxylation is 1. The summed E-state index contributed by atoms with van der Waals surface area (Å²) < 4.78 is 32.4. The molecule has 1 heterocycles. The Hall–Kier alpha value is -2.46. The summed E-state index contributed by atoms with van der Waals surface area (Å²) in [4.78, 5) is 24.2. The molecule has 1 aliphatic rings. The Morgan fingerprint density at radius 3 is 2.37 bits per heavy atom. The van der Waals surface area contributed by atoms with Crippen LogP contribution >= 0.6 is 11.6 Å². The fourth-order valence-corrected chi connectivity index (χ4v) is 4.55. The van der Waals surface area contributed by atoms with Crippen LogP contribution in [-0.2, 0) is 30.9 Å². The predicted molar refractivity (Wildman–Crippen MR) is 111 cm³/mol. The monoisotopic (exact) mass is 451 g/mol. The summed E-state index contributed by atoms with van der Waals surface area (Å²) in [5.41, 5.74) is 1.73. The van der Waals surface area contributed by atoms with E-state index in [1.807, 2.05) is 6.92 Å². The second kappa shape index (κ2) is 9.57. The summed E-state index contributed by atoms with van der Waals surface area (Å²) in [6.07, 6.45) is -0.885. The van der Waals surface area contributed by atoms with Gasteiger partial charge in [-0.1, -0.05) is 41.4 Å². The van der Waals surface area contributed by atoms with E-state index in [0.29, 0.717) is 5.02 Å². The Bertz CT molecular complexity index is 1010. The summed E-state index contributed by atoms with van der Waals surface area (Å²) in [6, 6.07) is 13.3. The molecule has 30 heavy (non-hydrogen) atoms. The van der Waals surface area contributed by atoms with Crippen molar-refractivity contribution in [3.8, 4) is 0 Å². The number of rotatable bonds is 6. The minimum absolute atomic E-state index is 0.141. The number of hydrogen-bond donors (Lipinski definition) is 2. The number of hydrogen-bond acceptors (Lipinski definition) is 5. The highest BCUT2D eigenvalue weighted by molar-refractivity contribution is 7.89. The smallest absolute Gasteiger partial charge is 0.309 e. The lowest BCUT2D eigenvalue weighted by Crippen LogP contribution is -2.47. The fourth-order valence-electron chi connectivity index (χ4n) is 2.91. The van der Waals surface area contributed by atoms with Gasteiger partial charge in [-0.15, -0.1) is 0 Å². The van der Waals surface area contributed by atoms with Crippen LogP contribution in [0.3, 0.4) is 0 Å². The largest absolute Gasteiger partial charge is 0.359 e. The van der Waals surface area contributed by atoms with E-state index in [1.165, 1.54) is 16.4 Å². The predicted octanol–water partition coefficient (Wildman–Crippen LogP) is 1.43. The van der Waals surface area contributed by atoms with Gasteiger partial charge in [0.2, 0.25) is 10.0 Å². The number of halogens is 1. The van der Waals surface area contributed by atoms with Crippen LogP contribution in [-0.4, -0.2) is 50.5 Å². The Morgan fingerprint density at radius 1 is 1.07 bits per heavy atom. The first kappa shape index (κ1) is 22.2. The highest BCUT2D eigenvalue weighted by Crippen LogP contribution is 2.22. The number of nitrogens with one attached hydrogen (secondary N) is 2. The molecule has 0 radical (unpaired) electrons. The van der Waals surface area contributed by atoms with Gasteiger partial charge in [0.05, 0.1) is 18.0 Å². The molecule has 0 spiro atoms. The van der Waals surface area contributed by atoms with E-state index < -0.39 is 28.1 Å². The maximum absolute atomic E-state index is 12.9. The van der Waals surface area contributed by atoms with Crippen molar-refractivity contribution in [2.75, 3.05) is 19.7 Å². The average molecular weight is 452 g/mol. The SMILES string of the molecule is Cc1ccc(S(=O)(=O)N2CCO[C@H]2CNC(=O)C(=O)NCc2ccc(Cl)cc2)cc1. The lowest BCUT2D eigenvalue weighted by Gasteiger charge is -2.22. The van der Waals surface area contributed by atoms with Gasteiger partial charge in [0.1, 0.15) is 6.23 Å². The van der Waals surface area contributed by atoms with Crippen molar-refractivity contribution < 1.29 is 22.7 Å². The lowest BCUT2D eigenvalue weighted by atomic mass is 10.2. The topological polar surface area (TPSA) is 105 Å². The Kier molecular flexibility index (Phi) is 7.09. The third-order valence-corrected chi connectivity index (χ3v) is 6.74. The Morgan fingerprint density at radius 2 is 1.70 bits per heavy atom. The second-order valence-electron chi connectivity index (χ2n) is 6.77. The molecule has 2 N–H and O–H groups in total. The van der Waals surface area contributed by atoms with Gasteiger partial charge in [-0.25, -0.2) is 8.42 Å². The zero-order valence-corrected chi connectivity index (χ0v) is 17.9. The number of sulfonamides is 1. The fraction of sp³-hybridized carbons (Fsp3) is 0.300. The summed E-state index contributed by atoms with van der Waals surface area (Å²) in [5, 5.41) is 5.50. The zero-order chi connectivity index (χ0) is 21.7. The number of nitrogens with zero attached hydrogens (tertiary/aromatic N) is 1. The maximum Gasteiger partial charge on any atom is 0.309 e. The van der Waals surface area contributed by atoms with Gasteiger partial charge in [0, 0.05) is 18.1 Å². The van der Waals surface area contributed by atoms with E-state index in [4.69, 9.17) is 16.3 Å². The van der Waals surface area contributed by atoms with Gasteiger partial charge in [-0.3, -0.25) is 9.59 Å². The molecule has 0 aromatic heterocycles. The molecule has 0 bridgehead atoms. The molecule has 2 aromatic rings. The van der Waals surface area contributed by atoms with Gasteiger partial charge < -0.3 is 15.4 Å². The molecule has 0 saturated carbocycles. The van der Waals surface area contributed by atoms with Gasteiger partial charge in [0.25, 0.3) is 0 Å². The van der Waals surface area contributed by atoms with Crippen molar-refractivity contribution in [2.24, 2.45) is 0 Å². The van der Waals surface area contributed by atoms with E-state index in [2.05, 4.69) is 10.6 Å². The van der Waals surface area contributed by atoms with Crippen LogP contribution in [0.25, 0.3) is 0 Å². The minimum atomic E-state index is -3.78. The number of ether oxygens (including phenoxy) is 1. The quantitative estimate of drug-likeness (QED) is 0.646. The molecule has 1 atom stereocenters. The van der Waals surface area contributed by atoms with Crippen LogP contribution < -0.4 is 10.6 Å². The molecule has 1 saturated heterocycles. The van der Waals surface area contributed by atoms with Crippen LogP contribution in [0.4, 0.5) is 0 Å². The molecule has 2 amide bonds. The van der Waals surface area contributed by atoms with Crippen molar-refractivity contribution in [2.45, 2.75) is 24.6 Å². The normalized spacial score (nSPS) is 16.9. The molecule has 0 aliphatic carbocycles. The van der Waals surface area contributed by atoms with Gasteiger partial charge in [0.15, 0.2) is 0 Å². The second-order valence-corrected chi connectivity index (χ2v) is 9.10. The number of amides is 2. The van der Waals surface area contributed by atoms with Gasteiger partial charge in [-0.2, -0.15) is 4.31 Å². The van der Waals surface area contributed by atoms with E-state index in [9.17, 15) is 18.0 Å². The van der Waals surface area contributed by atoms with Crippen LogP contribution in [0.2, 0.25) is 5.02 Å². The molecule has 1 aliphatic heterocycles. The molecule has 160 valence electrons. The van der Waals surface area contributed by atoms with Crippen LogP contribution in [0, 0.1) is 6.92 Å². The lowest BCUT2D eigenvalue weighted by molar-refractivity contribution is -0.139. The number of benzene rings is 2. The third-order valence-electron chi connectivity index (χ3n) is 4.58. The molecule has 1 fully saturated rings.